The fourth-order valence-electron chi connectivity index (χ4n) is 2.51. The van der Waals surface area contributed by atoms with Gasteiger partial charge in [-0.05, 0) is 43.0 Å². The van der Waals surface area contributed by atoms with Crippen molar-refractivity contribution in [2.45, 2.75) is 18.8 Å². The largest absolute Gasteiger partial charge is 0.478 e. The lowest BCUT2D eigenvalue weighted by molar-refractivity contribution is 0.0695. The van der Waals surface area contributed by atoms with Crippen LogP contribution in [0.15, 0.2) is 18.2 Å². The summed E-state index contributed by atoms with van der Waals surface area (Å²) in [5, 5.41) is 15.7. The molecule has 1 aromatic rings. The van der Waals surface area contributed by atoms with Crippen LogP contribution in [0.2, 0.25) is 0 Å². The molecule has 0 radical (unpaired) electrons. The van der Waals surface area contributed by atoms with Gasteiger partial charge in [-0.1, -0.05) is 6.07 Å². The van der Waals surface area contributed by atoms with Crippen LogP contribution in [-0.4, -0.2) is 31.2 Å². The van der Waals surface area contributed by atoms with Gasteiger partial charge in [0.25, 0.3) is 0 Å². The molecule has 1 fully saturated rings. The Kier molecular flexibility index (Phi) is 3.64. The van der Waals surface area contributed by atoms with Crippen molar-refractivity contribution in [1.82, 2.24) is 5.32 Å². The SMILES string of the molecule is CNc1cccc(C(=O)O)c1C1CCCNC1. The molecule has 1 aromatic carbocycles. The molecule has 0 spiro atoms. The molecule has 0 aromatic heterocycles. The van der Waals surface area contributed by atoms with Gasteiger partial charge in [-0.15, -0.1) is 0 Å². The number of carboxylic acids is 1. The first-order valence-corrected chi connectivity index (χ1v) is 5.98. The first-order chi connectivity index (χ1) is 8.24. The van der Waals surface area contributed by atoms with Crippen LogP contribution in [0.3, 0.4) is 0 Å². The summed E-state index contributed by atoms with van der Waals surface area (Å²) < 4.78 is 0. The monoisotopic (exact) mass is 234 g/mol. The molecular weight excluding hydrogens is 216 g/mol. The maximum Gasteiger partial charge on any atom is 0.336 e. The van der Waals surface area contributed by atoms with Crippen LogP contribution in [0.4, 0.5) is 5.69 Å². The second kappa shape index (κ2) is 5.19. The Morgan fingerprint density at radius 2 is 2.35 bits per heavy atom. The van der Waals surface area contributed by atoms with Crippen molar-refractivity contribution in [3.63, 3.8) is 0 Å². The number of hydrogen-bond donors (Lipinski definition) is 3. The van der Waals surface area contributed by atoms with E-state index in [9.17, 15) is 9.90 Å². The number of rotatable bonds is 3. The first kappa shape index (κ1) is 11.9. The zero-order chi connectivity index (χ0) is 12.3. The third-order valence-corrected chi connectivity index (χ3v) is 3.31. The quantitative estimate of drug-likeness (QED) is 0.747. The summed E-state index contributed by atoms with van der Waals surface area (Å²) in [6, 6.07) is 5.42. The smallest absolute Gasteiger partial charge is 0.336 e. The number of carbonyl (C=O) groups is 1. The standard InChI is InChI=1S/C13H18N2O2/c1-14-11-6-2-5-10(13(16)17)12(11)9-4-3-7-15-8-9/h2,5-6,9,14-15H,3-4,7-8H2,1H3,(H,16,17). The summed E-state index contributed by atoms with van der Waals surface area (Å²) in [6.45, 7) is 1.89. The van der Waals surface area contributed by atoms with Gasteiger partial charge in [0.1, 0.15) is 0 Å². The van der Waals surface area contributed by atoms with E-state index in [0.717, 1.165) is 37.2 Å². The van der Waals surface area contributed by atoms with E-state index in [0.29, 0.717) is 11.5 Å². The van der Waals surface area contributed by atoms with E-state index in [-0.39, 0.29) is 0 Å². The third-order valence-electron chi connectivity index (χ3n) is 3.31. The lowest BCUT2D eigenvalue weighted by Gasteiger charge is -2.26. The molecule has 1 atom stereocenters. The van der Waals surface area contributed by atoms with E-state index in [1.807, 2.05) is 13.1 Å². The number of carboxylic acid groups (broad SMARTS) is 1. The molecule has 1 unspecified atom stereocenters. The third kappa shape index (κ3) is 2.42. The van der Waals surface area contributed by atoms with Crippen molar-refractivity contribution in [3.05, 3.63) is 29.3 Å². The maximum absolute atomic E-state index is 11.3. The summed E-state index contributed by atoms with van der Waals surface area (Å²) in [6.07, 6.45) is 2.15. The highest BCUT2D eigenvalue weighted by molar-refractivity contribution is 5.91. The molecule has 17 heavy (non-hydrogen) atoms. The minimum atomic E-state index is -0.845. The fourth-order valence-corrected chi connectivity index (χ4v) is 2.51. The van der Waals surface area contributed by atoms with Crippen molar-refractivity contribution < 1.29 is 9.90 Å². The number of hydrogen-bond acceptors (Lipinski definition) is 3. The van der Waals surface area contributed by atoms with Gasteiger partial charge in [-0.25, -0.2) is 4.79 Å². The molecule has 3 N–H and O–H groups in total. The topological polar surface area (TPSA) is 61.4 Å². The van der Waals surface area contributed by atoms with Crippen molar-refractivity contribution in [1.29, 1.82) is 0 Å². The molecular formula is C13H18N2O2. The average Bonchev–Trinajstić information content (AvgIpc) is 2.38. The summed E-state index contributed by atoms with van der Waals surface area (Å²) in [5.41, 5.74) is 2.29. The van der Waals surface area contributed by atoms with E-state index in [1.165, 1.54) is 0 Å². The van der Waals surface area contributed by atoms with E-state index in [4.69, 9.17) is 0 Å². The molecule has 2 rings (SSSR count). The average molecular weight is 234 g/mol. The summed E-state index contributed by atoms with van der Waals surface area (Å²) >= 11 is 0. The molecule has 1 saturated heterocycles. The molecule has 1 aliphatic rings. The van der Waals surface area contributed by atoms with Crippen LogP contribution in [0, 0.1) is 0 Å². The van der Waals surface area contributed by atoms with Crippen LogP contribution in [0.25, 0.3) is 0 Å². The van der Waals surface area contributed by atoms with E-state index in [1.54, 1.807) is 12.1 Å². The van der Waals surface area contributed by atoms with Crippen molar-refractivity contribution in [3.8, 4) is 0 Å². The summed E-state index contributed by atoms with van der Waals surface area (Å²) in [5.74, 6) is -0.554. The number of nitrogens with one attached hydrogen (secondary N) is 2. The molecule has 4 nitrogen and oxygen atoms in total. The molecule has 92 valence electrons. The van der Waals surface area contributed by atoms with Crippen molar-refractivity contribution in [2.75, 3.05) is 25.5 Å². The Morgan fingerprint density at radius 1 is 1.53 bits per heavy atom. The van der Waals surface area contributed by atoms with E-state index < -0.39 is 5.97 Å². The number of benzene rings is 1. The number of aromatic carboxylic acids is 1. The molecule has 4 heteroatoms. The van der Waals surface area contributed by atoms with Gasteiger partial charge >= 0.3 is 5.97 Å². The number of anilines is 1. The second-order valence-corrected chi connectivity index (χ2v) is 4.37. The van der Waals surface area contributed by atoms with Gasteiger partial charge in [-0.2, -0.15) is 0 Å². The Morgan fingerprint density at radius 3 is 2.94 bits per heavy atom. The normalized spacial score (nSPS) is 19.9. The molecule has 0 bridgehead atoms. The van der Waals surface area contributed by atoms with Crippen LogP contribution in [0.5, 0.6) is 0 Å². The summed E-state index contributed by atoms with van der Waals surface area (Å²) in [4.78, 5) is 11.3. The minimum Gasteiger partial charge on any atom is -0.478 e. The van der Waals surface area contributed by atoms with E-state index >= 15 is 0 Å². The molecule has 0 saturated carbocycles. The Bertz CT molecular complexity index is 412. The van der Waals surface area contributed by atoms with Gasteiger partial charge < -0.3 is 15.7 Å². The second-order valence-electron chi connectivity index (χ2n) is 4.37. The molecule has 0 aliphatic carbocycles. The number of piperidine rings is 1. The van der Waals surface area contributed by atoms with Gasteiger partial charge in [-0.3, -0.25) is 0 Å². The van der Waals surface area contributed by atoms with Crippen molar-refractivity contribution >= 4 is 11.7 Å². The van der Waals surface area contributed by atoms with Gasteiger partial charge in [0.05, 0.1) is 5.56 Å². The minimum absolute atomic E-state index is 0.290. The lowest BCUT2D eigenvalue weighted by atomic mass is 9.87. The predicted molar refractivity (Wildman–Crippen MR) is 67.8 cm³/mol. The zero-order valence-corrected chi connectivity index (χ0v) is 9.99. The highest BCUT2D eigenvalue weighted by Crippen LogP contribution is 2.32. The Labute approximate surface area is 101 Å². The van der Waals surface area contributed by atoms with Crippen LogP contribution in [0.1, 0.15) is 34.7 Å². The summed E-state index contributed by atoms with van der Waals surface area (Å²) in [7, 11) is 1.83. The van der Waals surface area contributed by atoms with Crippen LogP contribution in [-0.2, 0) is 0 Å². The Hall–Kier alpha value is -1.55. The molecule has 1 aliphatic heterocycles. The first-order valence-electron chi connectivity index (χ1n) is 5.98. The van der Waals surface area contributed by atoms with Crippen LogP contribution < -0.4 is 10.6 Å². The Balaban J connectivity index is 2.43. The molecule has 0 amide bonds. The van der Waals surface area contributed by atoms with Gasteiger partial charge in [0, 0.05) is 19.3 Å². The predicted octanol–water partition coefficient (Wildman–Crippen LogP) is 1.89. The maximum atomic E-state index is 11.3. The van der Waals surface area contributed by atoms with Gasteiger partial charge in [0.15, 0.2) is 0 Å². The van der Waals surface area contributed by atoms with E-state index in [2.05, 4.69) is 10.6 Å². The van der Waals surface area contributed by atoms with Gasteiger partial charge in [0.2, 0.25) is 0 Å². The van der Waals surface area contributed by atoms with Crippen LogP contribution >= 0.6 is 0 Å². The fraction of sp³-hybridized carbons (Fsp3) is 0.462. The highest BCUT2D eigenvalue weighted by atomic mass is 16.4. The zero-order valence-electron chi connectivity index (χ0n) is 9.99. The lowest BCUT2D eigenvalue weighted by Crippen LogP contribution is -2.29. The molecule has 1 heterocycles. The van der Waals surface area contributed by atoms with Crippen molar-refractivity contribution in [2.24, 2.45) is 0 Å². The highest BCUT2D eigenvalue weighted by Gasteiger charge is 2.23.